The summed E-state index contributed by atoms with van der Waals surface area (Å²) in [6.45, 7) is 10.1. The van der Waals surface area contributed by atoms with Crippen LogP contribution >= 0.6 is 0 Å². The Morgan fingerprint density at radius 3 is 1.92 bits per heavy atom. The number of carboxylic acid groups (broad SMARTS) is 1. The van der Waals surface area contributed by atoms with Gasteiger partial charge in [0.25, 0.3) is 0 Å². The summed E-state index contributed by atoms with van der Waals surface area (Å²) in [5.74, 6) is -0.922. The topological polar surface area (TPSA) is 63.3 Å². The van der Waals surface area contributed by atoms with Gasteiger partial charge in [-0.05, 0) is 17.3 Å². The molecule has 0 spiro atoms. The predicted molar refractivity (Wildman–Crippen MR) is 53.5 cm³/mol. The van der Waals surface area contributed by atoms with E-state index >= 15 is 0 Å². The number of carbonyl (C=O) groups is 1. The van der Waals surface area contributed by atoms with Crippen LogP contribution in [0.3, 0.4) is 0 Å². The van der Waals surface area contributed by atoms with Crippen molar-refractivity contribution in [1.82, 2.24) is 0 Å². The molecule has 0 amide bonds. The van der Waals surface area contributed by atoms with Crippen molar-refractivity contribution in [3.8, 4) is 0 Å². The lowest BCUT2D eigenvalue weighted by Gasteiger charge is -2.35. The molecule has 0 aliphatic carbocycles. The SMILES string of the molecule is CC(C)(C)CC(C)(C)C(N)C(=O)O. The maximum absolute atomic E-state index is 10.7. The number of aliphatic carboxylic acids is 1. The third kappa shape index (κ3) is 4.27. The number of hydrogen-bond donors (Lipinski definition) is 2. The first-order chi connectivity index (χ1) is 5.56. The van der Waals surface area contributed by atoms with Gasteiger partial charge in [0.05, 0.1) is 0 Å². The average Bonchev–Trinajstić information content (AvgIpc) is 1.80. The minimum atomic E-state index is -0.922. The fraction of sp³-hybridized carbons (Fsp3) is 0.900. The van der Waals surface area contributed by atoms with Gasteiger partial charge in [-0.3, -0.25) is 4.79 Å². The second-order valence-corrected chi connectivity index (χ2v) is 5.54. The molecular formula is C10H21NO2. The molecule has 0 bridgehead atoms. The summed E-state index contributed by atoms with van der Waals surface area (Å²) in [7, 11) is 0. The third-order valence-corrected chi connectivity index (χ3v) is 2.09. The quantitative estimate of drug-likeness (QED) is 0.709. The Kier molecular flexibility index (Phi) is 3.50. The first-order valence-electron chi connectivity index (χ1n) is 4.55. The second-order valence-electron chi connectivity index (χ2n) is 5.54. The molecule has 0 heterocycles. The Morgan fingerprint density at radius 2 is 1.69 bits per heavy atom. The lowest BCUT2D eigenvalue weighted by Crippen LogP contribution is -2.45. The number of hydrogen-bond acceptors (Lipinski definition) is 2. The standard InChI is InChI=1S/C10H21NO2/c1-9(2,3)6-10(4,5)7(11)8(12)13/h7H,6,11H2,1-5H3,(H,12,13). The minimum Gasteiger partial charge on any atom is -0.480 e. The van der Waals surface area contributed by atoms with Crippen molar-refractivity contribution in [2.45, 2.75) is 47.1 Å². The van der Waals surface area contributed by atoms with Crippen molar-refractivity contribution >= 4 is 5.97 Å². The fourth-order valence-electron chi connectivity index (χ4n) is 1.81. The van der Waals surface area contributed by atoms with E-state index < -0.39 is 12.0 Å². The van der Waals surface area contributed by atoms with Gasteiger partial charge in [-0.2, -0.15) is 0 Å². The van der Waals surface area contributed by atoms with Crippen LogP contribution in [0.2, 0.25) is 0 Å². The van der Waals surface area contributed by atoms with Gasteiger partial charge in [0.2, 0.25) is 0 Å². The maximum Gasteiger partial charge on any atom is 0.321 e. The Labute approximate surface area is 80.3 Å². The molecule has 0 aliphatic heterocycles. The molecule has 3 N–H and O–H groups in total. The van der Waals surface area contributed by atoms with E-state index in [0.717, 1.165) is 6.42 Å². The summed E-state index contributed by atoms with van der Waals surface area (Å²) >= 11 is 0. The second kappa shape index (κ2) is 3.66. The van der Waals surface area contributed by atoms with Crippen LogP contribution in [0.1, 0.15) is 41.0 Å². The zero-order valence-electron chi connectivity index (χ0n) is 9.22. The van der Waals surface area contributed by atoms with Crippen LogP contribution in [0.15, 0.2) is 0 Å². The largest absolute Gasteiger partial charge is 0.480 e. The molecule has 13 heavy (non-hydrogen) atoms. The summed E-state index contributed by atoms with van der Waals surface area (Å²) in [4.78, 5) is 10.7. The van der Waals surface area contributed by atoms with Crippen molar-refractivity contribution in [2.24, 2.45) is 16.6 Å². The van der Waals surface area contributed by atoms with E-state index in [2.05, 4.69) is 20.8 Å². The van der Waals surface area contributed by atoms with Gasteiger partial charge < -0.3 is 10.8 Å². The van der Waals surface area contributed by atoms with Crippen LogP contribution in [-0.4, -0.2) is 17.1 Å². The van der Waals surface area contributed by atoms with Gasteiger partial charge in [-0.1, -0.05) is 34.6 Å². The first-order valence-corrected chi connectivity index (χ1v) is 4.55. The third-order valence-electron chi connectivity index (χ3n) is 2.09. The van der Waals surface area contributed by atoms with Gasteiger partial charge in [-0.25, -0.2) is 0 Å². The van der Waals surface area contributed by atoms with E-state index in [0.29, 0.717) is 0 Å². The van der Waals surface area contributed by atoms with Crippen molar-refractivity contribution in [2.75, 3.05) is 0 Å². The lowest BCUT2D eigenvalue weighted by atomic mass is 9.72. The lowest BCUT2D eigenvalue weighted by molar-refractivity contribution is -0.141. The summed E-state index contributed by atoms with van der Waals surface area (Å²) < 4.78 is 0. The van der Waals surface area contributed by atoms with Crippen LogP contribution in [0, 0.1) is 10.8 Å². The molecule has 0 aromatic rings. The highest BCUT2D eigenvalue weighted by Crippen LogP contribution is 2.35. The molecule has 0 aromatic heterocycles. The number of carboxylic acids is 1. The van der Waals surface area contributed by atoms with Crippen molar-refractivity contribution in [3.63, 3.8) is 0 Å². The number of rotatable bonds is 3. The molecule has 0 fully saturated rings. The summed E-state index contributed by atoms with van der Waals surface area (Å²) in [6, 6.07) is -0.785. The molecule has 0 radical (unpaired) electrons. The molecule has 0 rings (SSSR count). The molecule has 0 saturated heterocycles. The van der Waals surface area contributed by atoms with Crippen molar-refractivity contribution in [1.29, 1.82) is 0 Å². The van der Waals surface area contributed by atoms with Crippen molar-refractivity contribution < 1.29 is 9.90 Å². The van der Waals surface area contributed by atoms with Gasteiger partial charge >= 0.3 is 5.97 Å². The highest BCUT2D eigenvalue weighted by Gasteiger charge is 2.35. The van der Waals surface area contributed by atoms with Crippen LogP contribution in [-0.2, 0) is 4.79 Å². The molecule has 3 heteroatoms. The fourth-order valence-corrected chi connectivity index (χ4v) is 1.81. The summed E-state index contributed by atoms with van der Waals surface area (Å²) in [6.07, 6.45) is 0.799. The van der Waals surface area contributed by atoms with Gasteiger partial charge in [0.15, 0.2) is 0 Å². The smallest absolute Gasteiger partial charge is 0.321 e. The van der Waals surface area contributed by atoms with E-state index in [1.165, 1.54) is 0 Å². The Hall–Kier alpha value is -0.570. The molecular weight excluding hydrogens is 166 g/mol. The monoisotopic (exact) mass is 187 g/mol. The van der Waals surface area contributed by atoms with Gasteiger partial charge in [0.1, 0.15) is 6.04 Å². The highest BCUT2D eigenvalue weighted by atomic mass is 16.4. The first kappa shape index (κ1) is 12.4. The molecule has 0 saturated carbocycles. The normalized spacial score (nSPS) is 15.5. The molecule has 0 aliphatic rings. The van der Waals surface area contributed by atoms with E-state index in [-0.39, 0.29) is 10.8 Å². The Morgan fingerprint density at radius 1 is 1.31 bits per heavy atom. The zero-order valence-corrected chi connectivity index (χ0v) is 9.22. The van der Waals surface area contributed by atoms with Crippen molar-refractivity contribution in [3.05, 3.63) is 0 Å². The van der Waals surface area contributed by atoms with E-state index in [1.54, 1.807) is 0 Å². The Balaban J connectivity index is 4.48. The van der Waals surface area contributed by atoms with E-state index in [1.807, 2.05) is 13.8 Å². The van der Waals surface area contributed by atoms with Gasteiger partial charge in [-0.15, -0.1) is 0 Å². The number of nitrogens with two attached hydrogens (primary N) is 1. The van der Waals surface area contributed by atoms with E-state index in [9.17, 15) is 4.79 Å². The molecule has 3 nitrogen and oxygen atoms in total. The molecule has 78 valence electrons. The average molecular weight is 187 g/mol. The minimum absolute atomic E-state index is 0.108. The van der Waals surface area contributed by atoms with Crippen LogP contribution in [0.4, 0.5) is 0 Å². The van der Waals surface area contributed by atoms with Crippen LogP contribution < -0.4 is 5.73 Å². The van der Waals surface area contributed by atoms with Crippen LogP contribution in [0.5, 0.6) is 0 Å². The van der Waals surface area contributed by atoms with Gasteiger partial charge in [0, 0.05) is 0 Å². The molecule has 0 aromatic carbocycles. The summed E-state index contributed by atoms with van der Waals surface area (Å²) in [5, 5.41) is 8.79. The van der Waals surface area contributed by atoms with Crippen LogP contribution in [0.25, 0.3) is 0 Å². The zero-order chi connectivity index (χ0) is 10.9. The Bertz CT molecular complexity index is 192. The molecule has 1 unspecified atom stereocenters. The maximum atomic E-state index is 10.7. The predicted octanol–water partition coefficient (Wildman–Crippen LogP) is 1.86. The van der Waals surface area contributed by atoms with E-state index in [4.69, 9.17) is 10.8 Å². The molecule has 1 atom stereocenters. The highest BCUT2D eigenvalue weighted by molar-refractivity contribution is 5.74. The summed E-state index contributed by atoms with van der Waals surface area (Å²) in [5.41, 5.74) is 5.35.